The van der Waals surface area contributed by atoms with E-state index in [9.17, 15) is 14.4 Å². The van der Waals surface area contributed by atoms with Crippen LogP contribution in [0.3, 0.4) is 0 Å². The maximum atomic E-state index is 12.7. The van der Waals surface area contributed by atoms with Crippen LogP contribution in [0.15, 0.2) is 42.5 Å². The Hall–Kier alpha value is -2.47. The van der Waals surface area contributed by atoms with Gasteiger partial charge in [-0.25, -0.2) is 4.79 Å². The molecule has 5 nitrogen and oxygen atoms in total. The number of benzene rings is 2. The topological polar surface area (TPSA) is 66.5 Å². The molecule has 22 heavy (non-hydrogen) atoms. The van der Waals surface area contributed by atoms with E-state index in [1.165, 1.54) is 11.0 Å². The molecule has 1 aliphatic rings. The highest BCUT2D eigenvalue weighted by molar-refractivity contribution is 9.07. The molecule has 110 valence electrons. The minimum absolute atomic E-state index is 0.214. The van der Waals surface area contributed by atoms with Gasteiger partial charge < -0.3 is 5.32 Å². The Kier molecular flexibility index (Phi) is 3.54. The largest absolute Gasteiger partial charge is 0.331 e. The molecule has 0 atom stereocenters. The molecule has 0 unspecified atom stereocenters. The number of anilines is 1. The molecule has 0 saturated heterocycles. The van der Waals surface area contributed by atoms with Gasteiger partial charge in [-0.2, -0.15) is 0 Å². The van der Waals surface area contributed by atoms with Crippen molar-refractivity contribution in [2.75, 3.05) is 12.4 Å². The number of hydrogen-bond acceptors (Lipinski definition) is 3. The Morgan fingerprint density at radius 1 is 0.955 bits per heavy atom. The van der Waals surface area contributed by atoms with Crippen LogP contribution >= 0.6 is 16.1 Å². The van der Waals surface area contributed by atoms with E-state index in [4.69, 9.17) is 0 Å². The van der Waals surface area contributed by atoms with Crippen molar-refractivity contribution in [2.24, 2.45) is 0 Å². The van der Waals surface area contributed by atoms with E-state index in [2.05, 4.69) is 21.5 Å². The highest BCUT2D eigenvalue weighted by Crippen LogP contribution is 2.32. The molecule has 0 heterocycles. The van der Waals surface area contributed by atoms with E-state index >= 15 is 0 Å². The van der Waals surface area contributed by atoms with Gasteiger partial charge in [-0.3, -0.25) is 13.5 Å². The summed E-state index contributed by atoms with van der Waals surface area (Å²) in [5.74, 6) is -0.480. The fraction of sp³-hybridized carbons (Fsp3) is 0.0625. The van der Waals surface area contributed by atoms with Crippen LogP contribution in [0.4, 0.5) is 10.5 Å². The third-order valence-corrected chi connectivity index (χ3v) is 3.80. The number of nitrogens with zero attached hydrogens (tertiary/aromatic N) is 1. The standard InChI is InChI=1S/C16H11BrN2O3/c1-19(17)16(22)18-12-8-4-7-11-13(12)15(21)10-6-3-2-5-9(10)14(11)20/h2-8H,1H3,(H,18,22). The fourth-order valence-electron chi connectivity index (χ4n) is 2.44. The third kappa shape index (κ3) is 2.21. The first-order valence-corrected chi connectivity index (χ1v) is 7.23. The summed E-state index contributed by atoms with van der Waals surface area (Å²) in [5.41, 5.74) is 1.60. The van der Waals surface area contributed by atoms with Crippen molar-refractivity contribution in [3.05, 3.63) is 64.7 Å². The van der Waals surface area contributed by atoms with Crippen molar-refractivity contribution in [1.82, 2.24) is 3.93 Å². The van der Waals surface area contributed by atoms with Crippen LogP contribution in [-0.4, -0.2) is 28.6 Å². The summed E-state index contributed by atoms with van der Waals surface area (Å²) in [6, 6.07) is 11.1. The van der Waals surface area contributed by atoms with E-state index in [1.807, 2.05) is 0 Å². The third-order valence-electron chi connectivity index (χ3n) is 3.47. The molecule has 0 saturated carbocycles. The summed E-state index contributed by atoms with van der Waals surface area (Å²) in [6.45, 7) is 0. The number of halogens is 1. The zero-order valence-electron chi connectivity index (χ0n) is 11.6. The molecular weight excluding hydrogens is 348 g/mol. The molecule has 0 aliphatic heterocycles. The first kappa shape index (κ1) is 14.5. The molecule has 6 heteroatoms. The van der Waals surface area contributed by atoms with Crippen LogP contribution in [0.25, 0.3) is 0 Å². The van der Waals surface area contributed by atoms with Crippen LogP contribution < -0.4 is 5.32 Å². The molecule has 0 aromatic heterocycles. The van der Waals surface area contributed by atoms with Crippen LogP contribution in [-0.2, 0) is 0 Å². The summed E-state index contributed by atoms with van der Waals surface area (Å²) in [4.78, 5) is 37.0. The second kappa shape index (κ2) is 5.38. The van der Waals surface area contributed by atoms with E-state index < -0.39 is 6.03 Å². The molecule has 0 radical (unpaired) electrons. The van der Waals surface area contributed by atoms with Crippen LogP contribution in [0.2, 0.25) is 0 Å². The normalized spacial score (nSPS) is 12.5. The summed E-state index contributed by atoms with van der Waals surface area (Å²) in [5, 5.41) is 2.62. The number of rotatable bonds is 1. The highest BCUT2D eigenvalue weighted by atomic mass is 79.9. The zero-order valence-corrected chi connectivity index (χ0v) is 13.2. The lowest BCUT2D eigenvalue weighted by molar-refractivity contribution is 0.0979. The lowest BCUT2D eigenvalue weighted by Gasteiger charge is -2.20. The van der Waals surface area contributed by atoms with E-state index in [-0.39, 0.29) is 17.1 Å². The summed E-state index contributed by atoms with van der Waals surface area (Å²) < 4.78 is 1.18. The Bertz CT molecular complexity index is 815. The van der Waals surface area contributed by atoms with Crippen molar-refractivity contribution in [3.63, 3.8) is 0 Å². The quantitative estimate of drug-likeness (QED) is 0.679. The van der Waals surface area contributed by atoms with Gasteiger partial charge in [0.15, 0.2) is 11.6 Å². The van der Waals surface area contributed by atoms with Gasteiger partial charge in [-0.1, -0.05) is 36.4 Å². The monoisotopic (exact) mass is 358 g/mol. The summed E-state index contributed by atoms with van der Waals surface area (Å²) in [6.07, 6.45) is 0. The van der Waals surface area contributed by atoms with Crippen molar-refractivity contribution in [3.8, 4) is 0 Å². The Morgan fingerprint density at radius 2 is 1.55 bits per heavy atom. The highest BCUT2D eigenvalue weighted by Gasteiger charge is 2.31. The second-order valence-electron chi connectivity index (χ2n) is 4.84. The summed E-state index contributed by atoms with van der Waals surface area (Å²) >= 11 is 3.02. The van der Waals surface area contributed by atoms with E-state index in [0.29, 0.717) is 22.4 Å². The first-order valence-electron chi connectivity index (χ1n) is 6.52. The van der Waals surface area contributed by atoms with Crippen LogP contribution in [0.5, 0.6) is 0 Å². The maximum Gasteiger partial charge on any atom is 0.331 e. The predicted molar refractivity (Wildman–Crippen MR) is 85.5 cm³/mol. The average Bonchev–Trinajstić information content (AvgIpc) is 2.52. The minimum atomic E-state index is -0.437. The SMILES string of the molecule is CN(Br)C(=O)Nc1cccc2c1C(=O)c1ccccc1C2=O. The van der Waals surface area contributed by atoms with Gasteiger partial charge in [0.2, 0.25) is 0 Å². The second-order valence-corrected chi connectivity index (χ2v) is 5.90. The van der Waals surface area contributed by atoms with Crippen molar-refractivity contribution in [2.45, 2.75) is 0 Å². The summed E-state index contributed by atoms with van der Waals surface area (Å²) in [7, 11) is 1.52. The molecule has 2 amide bonds. The Labute approximate surface area is 135 Å². The number of urea groups is 1. The Balaban J connectivity index is 2.15. The van der Waals surface area contributed by atoms with E-state index in [1.54, 1.807) is 42.5 Å². The molecule has 1 aliphatic carbocycles. The smallest absolute Gasteiger partial charge is 0.306 e. The minimum Gasteiger partial charge on any atom is -0.306 e. The molecular formula is C16H11BrN2O3. The fourth-order valence-corrected chi connectivity index (χ4v) is 2.53. The van der Waals surface area contributed by atoms with E-state index in [0.717, 1.165) is 0 Å². The van der Waals surface area contributed by atoms with Crippen molar-refractivity contribution >= 4 is 39.4 Å². The van der Waals surface area contributed by atoms with Crippen molar-refractivity contribution < 1.29 is 14.4 Å². The lowest BCUT2D eigenvalue weighted by Crippen LogP contribution is -2.27. The van der Waals surface area contributed by atoms with Gasteiger partial charge in [0.25, 0.3) is 0 Å². The van der Waals surface area contributed by atoms with Crippen molar-refractivity contribution in [1.29, 1.82) is 0 Å². The number of hydrogen-bond donors (Lipinski definition) is 1. The predicted octanol–water partition coefficient (Wildman–Crippen LogP) is 3.24. The van der Waals surface area contributed by atoms with Gasteiger partial charge in [-0.05, 0) is 6.07 Å². The molecule has 3 rings (SSSR count). The first-order chi connectivity index (χ1) is 10.5. The molecule has 2 aromatic rings. The van der Waals surface area contributed by atoms with Crippen LogP contribution in [0.1, 0.15) is 31.8 Å². The average molecular weight is 359 g/mol. The number of carbonyl (C=O) groups excluding carboxylic acids is 3. The number of carbonyl (C=O) groups is 3. The van der Waals surface area contributed by atoms with Gasteiger partial charge in [0, 0.05) is 23.7 Å². The molecule has 0 spiro atoms. The number of amides is 2. The lowest BCUT2D eigenvalue weighted by atomic mass is 9.83. The molecule has 0 bridgehead atoms. The zero-order chi connectivity index (χ0) is 15.9. The number of nitrogens with one attached hydrogen (secondary N) is 1. The van der Waals surface area contributed by atoms with Crippen LogP contribution in [0, 0.1) is 0 Å². The van der Waals surface area contributed by atoms with Gasteiger partial charge >= 0.3 is 6.03 Å². The Morgan fingerprint density at radius 3 is 2.18 bits per heavy atom. The van der Waals surface area contributed by atoms with Gasteiger partial charge in [0.05, 0.1) is 27.4 Å². The number of ketones is 2. The van der Waals surface area contributed by atoms with Gasteiger partial charge in [-0.15, -0.1) is 0 Å². The maximum absolute atomic E-state index is 12.7. The number of fused-ring (bicyclic) bond motifs is 2. The molecule has 2 aromatic carbocycles. The van der Waals surface area contributed by atoms with Gasteiger partial charge in [0.1, 0.15) is 0 Å². The molecule has 0 fully saturated rings. The molecule has 1 N–H and O–H groups in total.